The number of benzene rings is 2. The number of nitrogens with one attached hydrogen (secondary N) is 2. The number of aryl methyl sites for hydroxylation is 2. The average molecular weight is 460 g/mol. The second-order valence-corrected chi connectivity index (χ2v) is 9.39. The van der Waals surface area contributed by atoms with Crippen molar-refractivity contribution in [1.82, 2.24) is 10.6 Å². The summed E-state index contributed by atoms with van der Waals surface area (Å²) in [6.45, 7) is 5.81. The minimum Gasteiger partial charge on any atom is -0.355 e. The van der Waals surface area contributed by atoms with Crippen LogP contribution in [0.5, 0.6) is 0 Å². The van der Waals surface area contributed by atoms with Gasteiger partial charge in [0.25, 0.3) is 0 Å². The van der Waals surface area contributed by atoms with E-state index in [4.69, 9.17) is 10.8 Å². The fraction of sp³-hybridized carbons (Fsp3) is 0.407. The van der Waals surface area contributed by atoms with Crippen LogP contribution in [0.2, 0.25) is 0 Å². The lowest BCUT2D eigenvalue weighted by Crippen LogP contribution is -2.40. The minimum atomic E-state index is -0.469. The van der Waals surface area contributed by atoms with Crippen molar-refractivity contribution >= 4 is 24.2 Å². The van der Waals surface area contributed by atoms with E-state index in [1.165, 1.54) is 22.3 Å². The second-order valence-electron chi connectivity index (χ2n) is 9.39. The van der Waals surface area contributed by atoms with E-state index in [2.05, 4.69) is 66.0 Å². The Bertz CT molecular complexity index is 1070. The molecule has 0 saturated carbocycles. The summed E-state index contributed by atoms with van der Waals surface area (Å²) in [5, 5.41) is 14.9. The van der Waals surface area contributed by atoms with Gasteiger partial charge in [-0.05, 0) is 65.1 Å². The van der Waals surface area contributed by atoms with Crippen LogP contribution in [0.25, 0.3) is 0 Å². The Morgan fingerprint density at radius 1 is 0.941 bits per heavy atom. The normalized spacial score (nSPS) is 16.1. The van der Waals surface area contributed by atoms with Crippen molar-refractivity contribution in [2.24, 2.45) is 21.9 Å². The first-order valence-corrected chi connectivity index (χ1v) is 12.0. The smallest absolute Gasteiger partial charge is 0.207 e. The van der Waals surface area contributed by atoms with Crippen molar-refractivity contribution in [2.75, 3.05) is 6.54 Å². The molecule has 0 fully saturated rings. The molecular formula is C27H33N5O2. The molecule has 0 saturated heterocycles. The highest BCUT2D eigenvalue weighted by atomic mass is 16.1. The van der Waals surface area contributed by atoms with Gasteiger partial charge >= 0.3 is 0 Å². The number of carbonyl (C=O) groups is 2. The first-order valence-electron chi connectivity index (χ1n) is 12.0. The molecule has 0 aromatic heterocycles. The third kappa shape index (κ3) is 4.40. The van der Waals surface area contributed by atoms with E-state index >= 15 is 0 Å². The fourth-order valence-corrected chi connectivity index (χ4v) is 5.36. The maximum atomic E-state index is 10.8. The number of hydrogen-bond acceptors (Lipinski definition) is 5. The topological polar surface area (TPSA) is 109 Å². The lowest BCUT2D eigenvalue weighted by molar-refractivity contribution is -0.110. The molecule has 34 heavy (non-hydrogen) atoms. The highest BCUT2D eigenvalue weighted by molar-refractivity contribution is 6.14. The lowest BCUT2D eigenvalue weighted by atomic mass is 9.65. The van der Waals surface area contributed by atoms with Gasteiger partial charge in [-0.15, -0.1) is 0 Å². The van der Waals surface area contributed by atoms with Crippen LogP contribution >= 0.6 is 0 Å². The predicted molar refractivity (Wildman–Crippen MR) is 135 cm³/mol. The summed E-state index contributed by atoms with van der Waals surface area (Å²) in [7, 11) is 0. The zero-order chi connectivity index (χ0) is 24.1. The van der Waals surface area contributed by atoms with Crippen LogP contribution < -0.4 is 16.4 Å². The molecule has 2 aromatic carbocycles. The highest BCUT2D eigenvalue weighted by Gasteiger charge is 2.44. The standard InChI is InChI=1S/C27H33N5O2/c1-18(2)25-13-26(32-31-25)27(9-10-28)23-7-3-19(14-29-16-33)11-21(23)5-6-22-12-20(15-30-17-34)4-8-24(22)27/h3-4,7-8,11-12,16-18H,5-6,9-10,13-15,28H2,1-2H3,(H,29,33)(H,30,34). The van der Waals surface area contributed by atoms with E-state index in [0.29, 0.717) is 25.6 Å². The van der Waals surface area contributed by atoms with Gasteiger partial charge in [0.05, 0.1) is 11.1 Å². The summed E-state index contributed by atoms with van der Waals surface area (Å²) in [6.07, 6.45) is 4.67. The highest BCUT2D eigenvalue weighted by Crippen LogP contribution is 2.45. The summed E-state index contributed by atoms with van der Waals surface area (Å²) in [4.78, 5) is 21.7. The Morgan fingerprint density at radius 3 is 1.94 bits per heavy atom. The van der Waals surface area contributed by atoms with Crippen LogP contribution in [0.15, 0.2) is 46.6 Å². The van der Waals surface area contributed by atoms with Gasteiger partial charge < -0.3 is 16.4 Å². The second kappa shape index (κ2) is 10.3. The molecule has 0 spiro atoms. The molecule has 2 aliphatic rings. The summed E-state index contributed by atoms with van der Waals surface area (Å²) >= 11 is 0. The third-order valence-electron chi connectivity index (χ3n) is 7.03. The van der Waals surface area contributed by atoms with Crippen LogP contribution in [-0.4, -0.2) is 30.8 Å². The van der Waals surface area contributed by atoms with Crippen LogP contribution in [0.3, 0.4) is 0 Å². The summed E-state index contributed by atoms with van der Waals surface area (Å²) < 4.78 is 0. The zero-order valence-electron chi connectivity index (χ0n) is 19.9. The molecule has 0 bridgehead atoms. The summed E-state index contributed by atoms with van der Waals surface area (Å²) in [5.74, 6) is 0.328. The molecule has 0 radical (unpaired) electrons. The predicted octanol–water partition coefficient (Wildman–Crippen LogP) is 2.77. The molecule has 2 aromatic rings. The quantitative estimate of drug-likeness (QED) is 0.475. The van der Waals surface area contributed by atoms with Crippen molar-refractivity contribution in [1.29, 1.82) is 0 Å². The van der Waals surface area contributed by atoms with Crippen molar-refractivity contribution in [2.45, 2.75) is 58.0 Å². The Kier molecular flexibility index (Phi) is 7.22. The number of rotatable bonds is 10. The van der Waals surface area contributed by atoms with Gasteiger partial charge in [0.2, 0.25) is 12.8 Å². The molecule has 4 rings (SSSR count). The van der Waals surface area contributed by atoms with E-state index < -0.39 is 5.41 Å². The Morgan fingerprint density at radius 2 is 1.50 bits per heavy atom. The number of amides is 2. The van der Waals surface area contributed by atoms with E-state index in [0.717, 1.165) is 61.1 Å². The monoisotopic (exact) mass is 459 g/mol. The molecule has 1 heterocycles. The summed E-state index contributed by atoms with van der Waals surface area (Å²) in [6, 6.07) is 13.0. The third-order valence-corrected chi connectivity index (χ3v) is 7.03. The number of carbonyl (C=O) groups excluding carboxylic acids is 2. The number of nitrogens with zero attached hydrogens (tertiary/aromatic N) is 2. The number of nitrogens with two attached hydrogens (primary N) is 1. The first-order chi connectivity index (χ1) is 16.5. The molecule has 7 nitrogen and oxygen atoms in total. The maximum Gasteiger partial charge on any atom is 0.207 e. The van der Waals surface area contributed by atoms with Crippen LogP contribution in [0.1, 0.15) is 60.1 Å². The minimum absolute atomic E-state index is 0.328. The van der Waals surface area contributed by atoms with E-state index in [1.807, 2.05) is 0 Å². The lowest BCUT2D eigenvalue weighted by Gasteiger charge is -2.37. The maximum absolute atomic E-state index is 10.8. The first kappa shape index (κ1) is 23.8. The molecular weight excluding hydrogens is 426 g/mol. The molecule has 0 atom stereocenters. The van der Waals surface area contributed by atoms with Gasteiger partial charge in [-0.2, -0.15) is 10.2 Å². The SMILES string of the molecule is CC(C)C1=NN=C(C2(CCN)c3ccc(CNC=O)cc3CCc3cc(CNC=O)ccc32)C1. The van der Waals surface area contributed by atoms with Crippen molar-refractivity contribution < 1.29 is 9.59 Å². The van der Waals surface area contributed by atoms with Crippen molar-refractivity contribution in [3.8, 4) is 0 Å². The van der Waals surface area contributed by atoms with Gasteiger partial charge in [0, 0.05) is 25.2 Å². The molecule has 2 amide bonds. The number of hydrogen-bond donors (Lipinski definition) is 3. The molecule has 1 aliphatic heterocycles. The Hall–Kier alpha value is -3.32. The van der Waals surface area contributed by atoms with Crippen LogP contribution in [0.4, 0.5) is 0 Å². The molecule has 1 aliphatic carbocycles. The van der Waals surface area contributed by atoms with Gasteiger partial charge in [-0.25, -0.2) is 0 Å². The molecule has 178 valence electrons. The Labute approximate surface area is 200 Å². The zero-order valence-corrected chi connectivity index (χ0v) is 19.9. The van der Waals surface area contributed by atoms with Crippen molar-refractivity contribution in [3.63, 3.8) is 0 Å². The molecule has 0 unspecified atom stereocenters. The van der Waals surface area contributed by atoms with Gasteiger partial charge in [-0.3, -0.25) is 9.59 Å². The molecule has 7 heteroatoms. The fourth-order valence-electron chi connectivity index (χ4n) is 5.36. The largest absolute Gasteiger partial charge is 0.355 e. The Balaban J connectivity index is 1.89. The van der Waals surface area contributed by atoms with Gasteiger partial charge in [0.15, 0.2) is 0 Å². The number of fused-ring (bicyclic) bond motifs is 2. The van der Waals surface area contributed by atoms with E-state index in [9.17, 15) is 9.59 Å². The molecule has 4 N–H and O–H groups in total. The summed E-state index contributed by atoms with van der Waals surface area (Å²) in [5.41, 5.74) is 15.0. The van der Waals surface area contributed by atoms with E-state index in [1.54, 1.807) is 0 Å². The average Bonchev–Trinajstić information content (AvgIpc) is 3.30. The van der Waals surface area contributed by atoms with Crippen LogP contribution in [0, 0.1) is 5.92 Å². The van der Waals surface area contributed by atoms with Crippen LogP contribution in [-0.2, 0) is 40.9 Å². The van der Waals surface area contributed by atoms with Gasteiger partial charge in [-0.1, -0.05) is 50.2 Å². The van der Waals surface area contributed by atoms with Crippen molar-refractivity contribution in [3.05, 3.63) is 69.8 Å². The van der Waals surface area contributed by atoms with Gasteiger partial charge in [0.1, 0.15) is 0 Å². The van der Waals surface area contributed by atoms with E-state index in [-0.39, 0.29) is 0 Å².